The van der Waals surface area contributed by atoms with Gasteiger partial charge in [-0.3, -0.25) is 9.67 Å². The summed E-state index contributed by atoms with van der Waals surface area (Å²) in [6, 6.07) is 21.1. The van der Waals surface area contributed by atoms with Gasteiger partial charge in [-0.05, 0) is 30.3 Å². The minimum atomic E-state index is 0.176. The fourth-order valence-corrected chi connectivity index (χ4v) is 3.78. The zero-order chi connectivity index (χ0) is 16.1. The van der Waals surface area contributed by atoms with E-state index in [0.29, 0.717) is 4.77 Å². The largest absolute Gasteiger partial charge is 0.296 e. The third kappa shape index (κ3) is 3.92. The van der Waals surface area contributed by atoms with Crippen molar-refractivity contribution in [1.82, 2.24) is 14.8 Å². The van der Waals surface area contributed by atoms with Crippen LogP contribution in [0.4, 0.5) is 0 Å². The average Bonchev–Trinajstić information content (AvgIpc) is 2.97. The van der Waals surface area contributed by atoms with Gasteiger partial charge in [0.2, 0.25) is 0 Å². The van der Waals surface area contributed by atoms with Crippen LogP contribution in [0.25, 0.3) is 0 Å². The van der Waals surface area contributed by atoms with Crippen LogP contribution in [-0.4, -0.2) is 14.8 Å². The predicted molar refractivity (Wildman–Crippen MR) is 99.1 cm³/mol. The maximum absolute atomic E-state index is 5.43. The van der Waals surface area contributed by atoms with Gasteiger partial charge in [-0.2, -0.15) is 5.10 Å². The number of aromatic nitrogens is 3. The van der Waals surface area contributed by atoms with Crippen molar-refractivity contribution in [2.75, 3.05) is 0 Å². The topological polar surface area (TPSA) is 33.6 Å². The van der Waals surface area contributed by atoms with E-state index in [-0.39, 0.29) is 6.04 Å². The summed E-state index contributed by atoms with van der Waals surface area (Å²) in [6.07, 6.45) is 0. The van der Waals surface area contributed by atoms with Crippen LogP contribution in [0.15, 0.2) is 60.7 Å². The molecule has 0 bridgehead atoms. The van der Waals surface area contributed by atoms with E-state index < -0.39 is 0 Å². The van der Waals surface area contributed by atoms with Gasteiger partial charge in [-0.15, -0.1) is 11.8 Å². The molecule has 1 heterocycles. The van der Waals surface area contributed by atoms with Gasteiger partial charge in [-0.1, -0.05) is 60.7 Å². The molecule has 118 valence electrons. The molecule has 2 aromatic carbocycles. The Balaban J connectivity index is 1.73. The molecule has 3 nitrogen and oxygen atoms in total. The van der Waals surface area contributed by atoms with Crippen molar-refractivity contribution in [2.45, 2.75) is 24.5 Å². The molecule has 5 heteroatoms. The number of benzene rings is 2. The SMILES string of the molecule is C[C@@H](c1ccccc1)n1c(CSCc2ccccc2)n[nH]c1=S. The number of aromatic amines is 1. The van der Waals surface area contributed by atoms with Crippen LogP contribution in [0.3, 0.4) is 0 Å². The molecule has 0 spiro atoms. The second kappa shape index (κ2) is 7.62. The highest BCUT2D eigenvalue weighted by molar-refractivity contribution is 7.97. The van der Waals surface area contributed by atoms with Crippen molar-refractivity contribution in [3.8, 4) is 0 Å². The molecular weight excluding hydrogens is 322 g/mol. The van der Waals surface area contributed by atoms with Crippen molar-refractivity contribution >= 4 is 24.0 Å². The minimum absolute atomic E-state index is 0.176. The molecule has 0 fully saturated rings. The molecule has 3 rings (SSSR count). The summed E-state index contributed by atoms with van der Waals surface area (Å²) in [5.74, 6) is 2.80. The van der Waals surface area contributed by atoms with Gasteiger partial charge < -0.3 is 0 Å². The summed E-state index contributed by atoms with van der Waals surface area (Å²) in [5, 5.41) is 7.36. The number of H-pyrrole nitrogens is 1. The van der Waals surface area contributed by atoms with Crippen LogP contribution in [0.2, 0.25) is 0 Å². The number of nitrogens with zero attached hydrogens (tertiary/aromatic N) is 2. The van der Waals surface area contributed by atoms with Crippen molar-refractivity contribution in [1.29, 1.82) is 0 Å². The Morgan fingerprint density at radius 2 is 1.70 bits per heavy atom. The highest BCUT2D eigenvalue weighted by atomic mass is 32.2. The molecule has 0 aliphatic heterocycles. The first-order valence-corrected chi connectivity index (χ1v) is 9.14. The molecule has 0 saturated carbocycles. The van der Waals surface area contributed by atoms with E-state index in [9.17, 15) is 0 Å². The quantitative estimate of drug-likeness (QED) is 0.642. The van der Waals surface area contributed by atoms with E-state index in [0.717, 1.165) is 17.3 Å². The summed E-state index contributed by atoms with van der Waals surface area (Å²) >= 11 is 7.28. The molecule has 1 atom stereocenters. The third-order valence-electron chi connectivity index (χ3n) is 3.79. The van der Waals surface area contributed by atoms with Crippen LogP contribution < -0.4 is 0 Å². The van der Waals surface area contributed by atoms with Crippen molar-refractivity contribution in [3.63, 3.8) is 0 Å². The molecule has 1 N–H and O–H groups in total. The molecule has 0 unspecified atom stereocenters. The smallest absolute Gasteiger partial charge is 0.195 e. The summed E-state index contributed by atoms with van der Waals surface area (Å²) in [4.78, 5) is 0. The molecule has 1 aromatic heterocycles. The Labute approximate surface area is 145 Å². The van der Waals surface area contributed by atoms with Gasteiger partial charge in [0, 0.05) is 5.75 Å². The van der Waals surface area contributed by atoms with E-state index in [1.54, 1.807) is 0 Å². The van der Waals surface area contributed by atoms with Gasteiger partial charge in [0.1, 0.15) is 5.82 Å². The zero-order valence-electron chi connectivity index (χ0n) is 13.0. The predicted octanol–water partition coefficient (Wildman–Crippen LogP) is 4.98. The van der Waals surface area contributed by atoms with E-state index in [1.165, 1.54) is 11.1 Å². The second-order valence-corrected chi connectivity index (χ2v) is 6.75. The lowest BCUT2D eigenvalue weighted by Gasteiger charge is -2.16. The summed E-state index contributed by atoms with van der Waals surface area (Å²) < 4.78 is 2.79. The number of hydrogen-bond donors (Lipinski definition) is 1. The third-order valence-corrected chi connectivity index (χ3v) is 5.08. The van der Waals surface area contributed by atoms with Crippen LogP contribution in [0.1, 0.15) is 29.9 Å². The molecule has 0 aliphatic rings. The molecule has 0 radical (unpaired) electrons. The molecule has 0 aliphatic carbocycles. The van der Waals surface area contributed by atoms with E-state index in [1.807, 2.05) is 23.9 Å². The number of nitrogens with one attached hydrogen (secondary N) is 1. The number of rotatable bonds is 6. The van der Waals surface area contributed by atoms with Gasteiger partial charge in [0.25, 0.3) is 0 Å². The van der Waals surface area contributed by atoms with Crippen LogP contribution >= 0.6 is 24.0 Å². The van der Waals surface area contributed by atoms with E-state index in [2.05, 4.69) is 70.2 Å². The van der Waals surface area contributed by atoms with E-state index >= 15 is 0 Å². The summed E-state index contributed by atoms with van der Waals surface area (Å²) in [5.41, 5.74) is 2.56. The first kappa shape index (κ1) is 16.0. The van der Waals surface area contributed by atoms with Crippen LogP contribution in [0.5, 0.6) is 0 Å². The van der Waals surface area contributed by atoms with E-state index in [4.69, 9.17) is 12.2 Å². The van der Waals surface area contributed by atoms with Crippen molar-refractivity contribution in [3.05, 3.63) is 82.4 Å². The Morgan fingerprint density at radius 1 is 1.04 bits per heavy atom. The van der Waals surface area contributed by atoms with Gasteiger partial charge in [-0.25, -0.2) is 0 Å². The maximum Gasteiger partial charge on any atom is 0.195 e. The van der Waals surface area contributed by atoms with Crippen LogP contribution in [-0.2, 0) is 11.5 Å². The normalized spacial score (nSPS) is 12.2. The first-order valence-electron chi connectivity index (χ1n) is 7.58. The lowest BCUT2D eigenvalue weighted by atomic mass is 10.1. The number of thioether (sulfide) groups is 1. The maximum atomic E-state index is 5.43. The number of hydrogen-bond acceptors (Lipinski definition) is 3. The van der Waals surface area contributed by atoms with Gasteiger partial charge >= 0.3 is 0 Å². The summed E-state index contributed by atoms with van der Waals surface area (Å²) in [7, 11) is 0. The highest BCUT2D eigenvalue weighted by Crippen LogP contribution is 2.23. The van der Waals surface area contributed by atoms with Crippen LogP contribution in [0, 0.1) is 4.77 Å². The lowest BCUT2D eigenvalue weighted by molar-refractivity contribution is 0.608. The van der Waals surface area contributed by atoms with Crippen molar-refractivity contribution < 1.29 is 0 Å². The second-order valence-electron chi connectivity index (χ2n) is 5.38. The fraction of sp³-hybridized carbons (Fsp3) is 0.222. The minimum Gasteiger partial charge on any atom is -0.296 e. The molecule has 0 amide bonds. The monoisotopic (exact) mass is 341 g/mol. The Hall–Kier alpha value is -1.85. The molecule has 0 saturated heterocycles. The Bertz CT molecular complexity index is 794. The van der Waals surface area contributed by atoms with Gasteiger partial charge in [0.05, 0.1) is 11.8 Å². The fourth-order valence-electron chi connectivity index (χ4n) is 2.55. The summed E-state index contributed by atoms with van der Waals surface area (Å²) in [6.45, 7) is 2.16. The first-order chi connectivity index (χ1) is 11.3. The lowest BCUT2D eigenvalue weighted by Crippen LogP contribution is -2.10. The molecular formula is C18H19N3S2. The Morgan fingerprint density at radius 3 is 2.39 bits per heavy atom. The molecule has 23 heavy (non-hydrogen) atoms. The highest BCUT2D eigenvalue weighted by Gasteiger charge is 2.14. The average molecular weight is 342 g/mol. The van der Waals surface area contributed by atoms with Gasteiger partial charge in [0.15, 0.2) is 4.77 Å². The Kier molecular flexibility index (Phi) is 5.31. The standard InChI is InChI=1S/C18H19N3S2/c1-14(16-10-6-3-7-11-16)21-17(19-20-18(21)22)13-23-12-15-8-4-2-5-9-15/h2-11,14H,12-13H2,1H3,(H,20,22)/t14-/m0/s1. The van der Waals surface area contributed by atoms with Crippen molar-refractivity contribution in [2.24, 2.45) is 0 Å². The molecule has 3 aromatic rings. The zero-order valence-corrected chi connectivity index (χ0v) is 14.6.